The molecule has 0 radical (unpaired) electrons. The summed E-state index contributed by atoms with van der Waals surface area (Å²) in [6.45, 7) is 2.62. The van der Waals surface area contributed by atoms with E-state index < -0.39 is 4.92 Å². The average Bonchev–Trinajstić information content (AvgIpc) is 2.24. The molecule has 4 nitrogen and oxygen atoms in total. The van der Waals surface area contributed by atoms with Gasteiger partial charge in [0.25, 0.3) is 0 Å². The molecule has 0 heterocycles. The number of benzene rings is 1. The SMILES string of the molecule is CCCOc1ccccc1/C=C/[N+](=O)[O-]. The molecule has 0 aliphatic rings. The highest BCUT2D eigenvalue weighted by Gasteiger charge is 1.99. The van der Waals surface area contributed by atoms with E-state index in [1.165, 1.54) is 6.08 Å². The molecule has 80 valence electrons. The maximum Gasteiger partial charge on any atom is 0.235 e. The first-order valence-corrected chi connectivity index (χ1v) is 4.77. The largest absolute Gasteiger partial charge is 0.493 e. The van der Waals surface area contributed by atoms with Gasteiger partial charge in [0.05, 0.1) is 11.5 Å². The van der Waals surface area contributed by atoms with Crippen LogP contribution >= 0.6 is 0 Å². The summed E-state index contributed by atoms with van der Waals surface area (Å²) in [6, 6.07) is 7.24. The van der Waals surface area contributed by atoms with Gasteiger partial charge >= 0.3 is 0 Å². The summed E-state index contributed by atoms with van der Waals surface area (Å²) in [5.74, 6) is 0.678. The molecule has 1 aromatic carbocycles. The third-order valence-electron chi connectivity index (χ3n) is 1.76. The van der Waals surface area contributed by atoms with Crippen molar-refractivity contribution in [1.82, 2.24) is 0 Å². The molecule has 4 heteroatoms. The summed E-state index contributed by atoms with van der Waals surface area (Å²) in [5.41, 5.74) is 0.725. The summed E-state index contributed by atoms with van der Waals surface area (Å²) in [6.07, 6.45) is 3.26. The van der Waals surface area contributed by atoms with Gasteiger partial charge in [-0.2, -0.15) is 0 Å². The van der Waals surface area contributed by atoms with Crippen LogP contribution in [0.2, 0.25) is 0 Å². The van der Waals surface area contributed by atoms with Crippen LogP contribution in [0.3, 0.4) is 0 Å². The highest BCUT2D eigenvalue weighted by atomic mass is 16.6. The first-order valence-electron chi connectivity index (χ1n) is 4.77. The molecule has 0 saturated heterocycles. The fourth-order valence-corrected chi connectivity index (χ4v) is 1.10. The van der Waals surface area contributed by atoms with E-state index in [-0.39, 0.29) is 0 Å². The third-order valence-corrected chi connectivity index (χ3v) is 1.76. The van der Waals surface area contributed by atoms with Gasteiger partial charge in [-0.1, -0.05) is 25.1 Å². The highest BCUT2D eigenvalue weighted by molar-refractivity contribution is 5.56. The minimum Gasteiger partial charge on any atom is -0.493 e. The monoisotopic (exact) mass is 207 g/mol. The van der Waals surface area contributed by atoms with Crippen LogP contribution in [-0.2, 0) is 0 Å². The fourth-order valence-electron chi connectivity index (χ4n) is 1.10. The molecular weight excluding hydrogens is 194 g/mol. The minimum atomic E-state index is -0.489. The summed E-state index contributed by atoms with van der Waals surface area (Å²) in [5, 5.41) is 10.2. The molecule has 0 bridgehead atoms. The lowest BCUT2D eigenvalue weighted by atomic mass is 10.2. The second kappa shape index (κ2) is 5.80. The summed E-state index contributed by atoms with van der Waals surface area (Å²) >= 11 is 0. The molecule has 0 unspecified atom stereocenters. The van der Waals surface area contributed by atoms with E-state index in [0.29, 0.717) is 12.4 Å². The smallest absolute Gasteiger partial charge is 0.235 e. The number of hydrogen-bond donors (Lipinski definition) is 0. The predicted octanol–water partition coefficient (Wildman–Crippen LogP) is 2.72. The fraction of sp³-hybridized carbons (Fsp3) is 0.273. The molecule has 15 heavy (non-hydrogen) atoms. The Morgan fingerprint density at radius 2 is 2.20 bits per heavy atom. The van der Waals surface area contributed by atoms with E-state index in [4.69, 9.17) is 4.74 Å². The minimum absolute atomic E-state index is 0.489. The first kappa shape index (κ1) is 11.2. The number of hydrogen-bond acceptors (Lipinski definition) is 3. The highest BCUT2D eigenvalue weighted by Crippen LogP contribution is 2.19. The van der Waals surface area contributed by atoms with Crippen LogP contribution < -0.4 is 4.74 Å². The molecule has 1 aromatic rings. The second-order valence-corrected chi connectivity index (χ2v) is 2.99. The van der Waals surface area contributed by atoms with E-state index in [1.54, 1.807) is 12.1 Å². The lowest BCUT2D eigenvalue weighted by molar-refractivity contribution is -0.400. The standard InChI is InChI=1S/C11H13NO3/c1-2-9-15-11-6-4-3-5-10(11)7-8-12(13)14/h3-8H,2,9H2,1H3/b8-7+. The van der Waals surface area contributed by atoms with Crippen molar-refractivity contribution < 1.29 is 9.66 Å². The lowest BCUT2D eigenvalue weighted by Gasteiger charge is -2.06. The molecule has 0 fully saturated rings. The molecule has 0 N–H and O–H groups in total. The first-order chi connectivity index (χ1) is 7.24. The van der Waals surface area contributed by atoms with Gasteiger partial charge in [0.2, 0.25) is 6.20 Å². The zero-order valence-electron chi connectivity index (χ0n) is 8.55. The lowest BCUT2D eigenvalue weighted by Crippen LogP contribution is -1.96. The Morgan fingerprint density at radius 1 is 1.47 bits per heavy atom. The molecule has 0 saturated carbocycles. The van der Waals surface area contributed by atoms with Crippen molar-refractivity contribution in [2.24, 2.45) is 0 Å². The van der Waals surface area contributed by atoms with E-state index in [1.807, 2.05) is 19.1 Å². The predicted molar refractivity (Wildman–Crippen MR) is 58.3 cm³/mol. The van der Waals surface area contributed by atoms with Crippen molar-refractivity contribution in [1.29, 1.82) is 0 Å². The number of ether oxygens (including phenoxy) is 1. The van der Waals surface area contributed by atoms with Crippen molar-refractivity contribution >= 4 is 6.08 Å². The van der Waals surface area contributed by atoms with Gasteiger partial charge in [-0.3, -0.25) is 10.1 Å². The Kier molecular flexibility index (Phi) is 4.34. The Morgan fingerprint density at radius 3 is 2.87 bits per heavy atom. The Hall–Kier alpha value is -1.84. The molecule has 0 spiro atoms. The van der Waals surface area contributed by atoms with Crippen LogP contribution in [0.5, 0.6) is 5.75 Å². The number of nitro groups is 1. The van der Waals surface area contributed by atoms with Crippen LogP contribution in [0, 0.1) is 10.1 Å². The van der Waals surface area contributed by atoms with Gasteiger partial charge in [0, 0.05) is 11.6 Å². The molecular formula is C11H13NO3. The van der Waals surface area contributed by atoms with Crippen molar-refractivity contribution in [3.63, 3.8) is 0 Å². The zero-order chi connectivity index (χ0) is 11.1. The van der Waals surface area contributed by atoms with Crippen LogP contribution in [0.15, 0.2) is 30.5 Å². The van der Waals surface area contributed by atoms with Crippen LogP contribution in [0.4, 0.5) is 0 Å². The van der Waals surface area contributed by atoms with E-state index in [2.05, 4.69) is 0 Å². The molecule has 1 rings (SSSR count). The Labute approximate surface area is 88.3 Å². The maximum absolute atomic E-state index is 10.2. The summed E-state index contributed by atoms with van der Waals surface area (Å²) < 4.78 is 5.44. The number of rotatable bonds is 5. The van der Waals surface area contributed by atoms with Crippen molar-refractivity contribution in [3.8, 4) is 5.75 Å². The van der Waals surface area contributed by atoms with Crippen LogP contribution in [-0.4, -0.2) is 11.5 Å². The van der Waals surface area contributed by atoms with E-state index in [0.717, 1.165) is 18.2 Å². The normalized spacial score (nSPS) is 10.5. The average molecular weight is 207 g/mol. The van der Waals surface area contributed by atoms with Gasteiger partial charge in [-0.15, -0.1) is 0 Å². The third kappa shape index (κ3) is 3.81. The topological polar surface area (TPSA) is 52.4 Å². The van der Waals surface area contributed by atoms with Crippen molar-refractivity contribution in [2.45, 2.75) is 13.3 Å². The molecule has 0 atom stereocenters. The van der Waals surface area contributed by atoms with E-state index >= 15 is 0 Å². The maximum atomic E-state index is 10.2. The van der Waals surface area contributed by atoms with E-state index in [9.17, 15) is 10.1 Å². The van der Waals surface area contributed by atoms with Gasteiger partial charge in [-0.25, -0.2) is 0 Å². The molecule has 0 amide bonds. The summed E-state index contributed by atoms with van der Waals surface area (Å²) in [4.78, 5) is 9.69. The Balaban J connectivity index is 2.81. The molecule has 0 aliphatic carbocycles. The summed E-state index contributed by atoms with van der Waals surface area (Å²) in [7, 11) is 0. The van der Waals surface area contributed by atoms with Crippen LogP contribution in [0.25, 0.3) is 6.08 Å². The zero-order valence-corrected chi connectivity index (χ0v) is 8.55. The molecule has 0 aromatic heterocycles. The molecule has 0 aliphatic heterocycles. The second-order valence-electron chi connectivity index (χ2n) is 2.99. The van der Waals surface area contributed by atoms with Gasteiger partial charge < -0.3 is 4.74 Å². The van der Waals surface area contributed by atoms with Crippen molar-refractivity contribution in [3.05, 3.63) is 46.1 Å². The van der Waals surface area contributed by atoms with Gasteiger partial charge in [0.1, 0.15) is 5.75 Å². The quantitative estimate of drug-likeness (QED) is 0.551. The van der Waals surface area contributed by atoms with Crippen LogP contribution in [0.1, 0.15) is 18.9 Å². The number of para-hydroxylation sites is 1. The van der Waals surface area contributed by atoms with Crippen molar-refractivity contribution in [2.75, 3.05) is 6.61 Å². The van der Waals surface area contributed by atoms with Gasteiger partial charge in [-0.05, 0) is 12.5 Å². The van der Waals surface area contributed by atoms with Gasteiger partial charge in [0.15, 0.2) is 0 Å². The number of nitrogens with zero attached hydrogens (tertiary/aromatic N) is 1. The Bertz CT molecular complexity index is 361.